The summed E-state index contributed by atoms with van der Waals surface area (Å²) in [5, 5.41) is 10.6. The molecule has 2 aliphatic heterocycles. The first kappa shape index (κ1) is 20.2. The lowest BCUT2D eigenvalue weighted by Crippen LogP contribution is -2.24. The Balaban J connectivity index is 1.28. The van der Waals surface area contributed by atoms with Crippen LogP contribution in [0.1, 0.15) is 55.8 Å². The summed E-state index contributed by atoms with van der Waals surface area (Å²) in [6.45, 7) is 1.53. The van der Waals surface area contributed by atoms with Crippen molar-refractivity contribution in [2.75, 3.05) is 13.2 Å². The molecule has 0 spiro atoms. The normalized spacial score (nSPS) is 23.3. The number of aliphatic hydroxyl groups excluding tert-OH is 1. The van der Waals surface area contributed by atoms with Gasteiger partial charge in [0.1, 0.15) is 11.5 Å². The van der Waals surface area contributed by atoms with Gasteiger partial charge < -0.3 is 24.1 Å². The Kier molecular flexibility index (Phi) is 7.04. The molecule has 0 bridgehead atoms. The van der Waals surface area contributed by atoms with Gasteiger partial charge in [-0.25, -0.2) is 0 Å². The minimum absolute atomic E-state index is 0.139. The Hall–Kier alpha value is -2.08. The van der Waals surface area contributed by atoms with Crippen molar-refractivity contribution in [2.24, 2.45) is 0 Å². The molecular formula is C24H30O5. The molecule has 1 N–H and O–H groups in total. The maximum absolute atomic E-state index is 10.6. The number of ether oxygens (including phenoxy) is 4. The zero-order chi connectivity index (χ0) is 19.9. The summed E-state index contributed by atoms with van der Waals surface area (Å²) in [5.41, 5.74) is 1.93. The van der Waals surface area contributed by atoms with Crippen LogP contribution in [-0.4, -0.2) is 30.9 Å². The Morgan fingerprint density at radius 1 is 0.759 bits per heavy atom. The summed E-state index contributed by atoms with van der Waals surface area (Å²) < 4.78 is 22.9. The molecule has 2 fully saturated rings. The van der Waals surface area contributed by atoms with Gasteiger partial charge in [0, 0.05) is 19.3 Å². The molecule has 2 heterocycles. The molecule has 2 saturated heterocycles. The fraction of sp³-hybridized carbons (Fsp3) is 0.500. The smallest absolute Gasteiger partial charge is 0.199 e. The Labute approximate surface area is 172 Å². The highest BCUT2D eigenvalue weighted by atomic mass is 16.7. The Morgan fingerprint density at radius 2 is 1.28 bits per heavy atom. The summed E-state index contributed by atoms with van der Waals surface area (Å²) >= 11 is 0. The van der Waals surface area contributed by atoms with Crippen molar-refractivity contribution in [2.45, 2.75) is 63.6 Å². The number of rotatable bonds is 7. The van der Waals surface area contributed by atoms with Crippen molar-refractivity contribution in [1.29, 1.82) is 0 Å². The Bertz CT molecular complexity index is 731. The molecule has 0 amide bonds. The van der Waals surface area contributed by atoms with Crippen molar-refractivity contribution in [3.05, 3.63) is 59.7 Å². The van der Waals surface area contributed by atoms with Gasteiger partial charge in [0.2, 0.25) is 0 Å². The van der Waals surface area contributed by atoms with Crippen LogP contribution in [0.4, 0.5) is 0 Å². The second kappa shape index (κ2) is 10.1. The highest BCUT2D eigenvalue weighted by Gasteiger charge is 2.17. The highest BCUT2D eigenvalue weighted by Crippen LogP contribution is 2.25. The minimum Gasteiger partial charge on any atom is -0.465 e. The number of benzene rings is 2. The van der Waals surface area contributed by atoms with E-state index in [0.717, 1.165) is 74.4 Å². The van der Waals surface area contributed by atoms with Crippen LogP contribution >= 0.6 is 0 Å². The maximum atomic E-state index is 10.6. The summed E-state index contributed by atoms with van der Waals surface area (Å²) in [4.78, 5) is 0. The molecule has 0 saturated carbocycles. The first-order valence-electron chi connectivity index (χ1n) is 10.7. The van der Waals surface area contributed by atoms with Crippen molar-refractivity contribution in [3.63, 3.8) is 0 Å². The zero-order valence-electron chi connectivity index (χ0n) is 16.8. The van der Waals surface area contributed by atoms with Gasteiger partial charge in [-0.1, -0.05) is 24.3 Å². The molecule has 4 rings (SSSR count). The highest BCUT2D eigenvalue weighted by molar-refractivity contribution is 5.31. The van der Waals surface area contributed by atoms with Gasteiger partial charge in [0.25, 0.3) is 0 Å². The monoisotopic (exact) mass is 398 g/mol. The van der Waals surface area contributed by atoms with Crippen LogP contribution in [0.15, 0.2) is 48.5 Å². The lowest BCUT2D eigenvalue weighted by atomic mass is 10.0. The fourth-order valence-electron chi connectivity index (χ4n) is 3.73. The van der Waals surface area contributed by atoms with E-state index in [2.05, 4.69) is 0 Å². The van der Waals surface area contributed by atoms with Gasteiger partial charge in [0.05, 0.1) is 19.3 Å². The van der Waals surface area contributed by atoms with E-state index in [1.54, 1.807) is 0 Å². The predicted molar refractivity (Wildman–Crippen MR) is 110 cm³/mol. The lowest BCUT2D eigenvalue weighted by Gasteiger charge is -2.23. The van der Waals surface area contributed by atoms with Crippen LogP contribution in [0.3, 0.4) is 0 Å². The summed E-state index contributed by atoms with van der Waals surface area (Å²) in [6.07, 6.45) is 6.05. The summed E-state index contributed by atoms with van der Waals surface area (Å²) in [6, 6.07) is 15.5. The average molecular weight is 398 g/mol. The largest absolute Gasteiger partial charge is 0.465 e. The molecule has 3 atom stereocenters. The second-order valence-electron chi connectivity index (χ2n) is 7.76. The lowest BCUT2D eigenvalue weighted by molar-refractivity contribution is -0.106. The zero-order valence-corrected chi connectivity index (χ0v) is 16.8. The SMILES string of the molecule is OC(Cc1ccc(OC2CCCCO2)cc1)c1ccc(OC2CCCCO2)cc1. The second-order valence-corrected chi connectivity index (χ2v) is 7.76. The molecule has 5 nitrogen and oxygen atoms in total. The fourth-order valence-corrected chi connectivity index (χ4v) is 3.73. The van der Waals surface area contributed by atoms with Crippen LogP contribution in [-0.2, 0) is 15.9 Å². The van der Waals surface area contributed by atoms with E-state index in [9.17, 15) is 5.11 Å². The molecule has 2 aromatic carbocycles. The quantitative estimate of drug-likeness (QED) is 0.728. The molecule has 0 radical (unpaired) electrons. The standard InChI is InChI=1S/C24H30O5/c25-22(19-9-13-21(14-10-19)29-24-6-2-4-16-27-24)17-18-7-11-20(12-8-18)28-23-5-1-3-15-26-23/h7-14,22-25H,1-6,15-17H2. The third kappa shape index (κ3) is 5.95. The summed E-state index contributed by atoms with van der Waals surface area (Å²) in [7, 11) is 0. The topological polar surface area (TPSA) is 57.2 Å². The summed E-state index contributed by atoms with van der Waals surface area (Å²) in [5.74, 6) is 1.58. The maximum Gasteiger partial charge on any atom is 0.199 e. The third-order valence-corrected chi connectivity index (χ3v) is 5.43. The van der Waals surface area contributed by atoms with Crippen LogP contribution in [0.2, 0.25) is 0 Å². The molecule has 5 heteroatoms. The van der Waals surface area contributed by atoms with E-state index < -0.39 is 6.10 Å². The molecular weight excluding hydrogens is 368 g/mol. The first-order valence-corrected chi connectivity index (χ1v) is 10.7. The Morgan fingerprint density at radius 3 is 1.76 bits per heavy atom. The molecule has 3 unspecified atom stereocenters. The van der Waals surface area contributed by atoms with Crippen molar-refractivity contribution in [3.8, 4) is 11.5 Å². The van der Waals surface area contributed by atoms with Gasteiger partial charge in [-0.15, -0.1) is 0 Å². The first-order chi connectivity index (χ1) is 14.3. The molecule has 29 heavy (non-hydrogen) atoms. The van der Waals surface area contributed by atoms with Crippen LogP contribution < -0.4 is 9.47 Å². The van der Waals surface area contributed by atoms with Crippen LogP contribution in [0, 0.1) is 0 Å². The van der Waals surface area contributed by atoms with E-state index in [1.807, 2.05) is 48.5 Å². The molecule has 2 aliphatic rings. The van der Waals surface area contributed by atoms with Crippen LogP contribution in [0.25, 0.3) is 0 Å². The average Bonchev–Trinajstić information content (AvgIpc) is 2.77. The predicted octanol–water partition coefficient (Wildman–Crippen LogP) is 4.77. The van der Waals surface area contributed by atoms with Crippen molar-refractivity contribution >= 4 is 0 Å². The van der Waals surface area contributed by atoms with Crippen LogP contribution in [0.5, 0.6) is 11.5 Å². The van der Waals surface area contributed by atoms with Gasteiger partial charge in [-0.05, 0) is 61.1 Å². The minimum atomic E-state index is -0.566. The van der Waals surface area contributed by atoms with Gasteiger partial charge in [0.15, 0.2) is 12.6 Å². The van der Waals surface area contributed by atoms with Gasteiger partial charge in [-0.3, -0.25) is 0 Å². The molecule has 0 aliphatic carbocycles. The number of hydrogen-bond acceptors (Lipinski definition) is 5. The number of aliphatic hydroxyl groups is 1. The molecule has 2 aromatic rings. The van der Waals surface area contributed by atoms with Crippen molar-refractivity contribution < 1.29 is 24.1 Å². The van der Waals surface area contributed by atoms with Gasteiger partial charge in [-0.2, -0.15) is 0 Å². The molecule has 0 aromatic heterocycles. The van der Waals surface area contributed by atoms with E-state index in [1.165, 1.54) is 0 Å². The van der Waals surface area contributed by atoms with E-state index in [0.29, 0.717) is 6.42 Å². The van der Waals surface area contributed by atoms with E-state index >= 15 is 0 Å². The van der Waals surface area contributed by atoms with Crippen molar-refractivity contribution in [1.82, 2.24) is 0 Å². The number of hydrogen-bond donors (Lipinski definition) is 1. The van der Waals surface area contributed by atoms with Gasteiger partial charge >= 0.3 is 0 Å². The molecule has 156 valence electrons. The van der Waals surface area contributed by atoms with E-state index in [4.69, 9.17) is 18.9 Å². The van der Waals surface area contributed by atoms with E-state index in [-0.39, 0.29) is 12.6 Å². The third-order valence-electron chi connectivity index (χ3n) is 5.43.